The maximum Gasteiger partial charge on any atom is 0.253 e. The van der Waals surface area contributed by atoms with E-state index in [1.54, 1.807) is 4.90 Å². The zero-order valence-electron chi connectivity index (χ0n) is 17.5. The lowest BCUT2D eigenvalue weighted by molar-refractivity contribution is -0.141. The maximum absolute atomic E-state index is 13.3. The van der Waals surface area contributed by atoms with Crippen molar-refractivity contribution >= 4 is 28.3 Å². The van der Waals surface area contributed by atoms with Gasteiger partial charge in [0.1, 0.15) is 6.04 Å². The molecule has 0 spiro atoms. The van der Waals surface area contributed by atoms with Crippen LogP contribution in [0.1, 0.15) is 56.3 Å². The van der Waals surface area contributed by atoms with E-state index in [1.807, 2.05) is 35.7 Å². The molecule has 2 aliphatic heterocycles. The molecule has 30 heavy (non-hydrogen) atoms. The predicted molar refractivity (Wildman–Crippen MR) is 119 cm³/mol. The van der Waals surface area contributed by atoms with Crippen LogP contribution in [0.25, 0.3) is 0 Å². The van der Waals surface area contributed by atoms with Gasteiger partial charge in [0.15, 0.2) is 5.13 Å². The summed E-state index contributed by atoms with van der Waals surface area (Å²) in [5.41, 5.74) is 1.83. The molecule has 0 saturated carbocycles. The summed E-state index contributed by atoms with van der Waals surface area (Å²) < 4.78 is 0. The Morgan fingerprint density at radius 2 is 2.07 bits per heavy atom. The minimum atomic E-state index is -0.616. The first-order valence-electron chi connectivity index (χ1n) is 10.9. The van der Waals surface area contributed by atoms with E-state index in [4.69, 9.17) is 0 Å². The predicted octanol–water partition coefficient (Wildman–Crippen LogP) is 4.07. The Morgan fingerprint density at radius 3 is 2.83 bits per heavy atom. The van der Waals surface area contributed by atoms with Crippen LogP contribution in [0.15, 0.2) is 35.7 Å². The Hall–Kier alpha value is -2.25. The van der Waals surface area contributed by atoms with Gasteiger partial charge in [0.2, 0.25) is 5.91 Å². The summed E-state index contributed by atoms with van der Waals surface area (Å²) in [4.78, 5) is 34.6. The van der Waals surface area contributed by atoms with E-state index >= 15 is 0 Å². The third kappa shape index (κ3) is 5.08. The van der Waals surface area contributed by atoms with E-state index in [0.29, 0.717) is 18.1 Å². The highest BCUT2D eigenvalue weighted by molar-refractivity contribution is 7.13. The number of piperidine rings is 2. The van der Waals surface area contributed by atoms with Crippen LogP contribution in [0.5, 0.6) is 0 Å². The van der Waals surface area contributed by atoms with E-state index < -0.39 is 6.04 Å². The molecule has 0 aliphatic carbocycles. The van der Waals surface area contributed by atoms with E-state index in [2.05, 4.69) is 22.1 Å². The van der Waals surface area contributed by atoms with Gasteiger partial charge < -0.3 is 4.90 Å². The van der Waals surface area contributed by atoms with E-state index in [1.165, 1.54) is 24.2 Å². The van der Waals surface area contributed by atoms with Crippen LogP contribution in [-0.2, 0) is 16.1 Å². The molecule has 3 heterocycles. The number of aromatic nitrogens is 1. The quantitative estimate of drug-likeness (QED) is 0.756. The summed E-state index contributed by atoms with van der Waals surface area (Å²) >= 11 is 1.45. The normalized spacial score (nSPS) is 21.4. The highest BCUT2D eigenvalue weighted by atomic mass is 32.1. The van der Waals surface area contributed by atoms with Gasteiger partial charge in [0, 0.05) is 31.4 Å². The smallest absolute Gasteiger partial charge is 0.253 e. The number of likely N-dealkylation sites (tertiary alicyclic amines) is 2. The monoisotopic (exact) mass is 426 g/mol. The maximum atomic E-state index is 13.3. The topological polar surface area (TPSA) is 65.5 Å². The fourth-order valence-corrected chi connectivity index (χ4v) is 5.18. The molecule has 2 atom stereocenters. The number of nitrogens with one attached hydrogen (secondary N) is 1. The molecule has 0 bridgehead atoms. The van der Waals surface area contributed by atoms with Crippen molar-refractivity contribution in [1.82, 2.24) is 14.8 Å². The molecule has 1 N–H and O–H groups in total. The fourth-order valence-electron chi connectivity index (χ4n) is 4.48. The molecule has 2 amide bonds. The number of benzene rings is 1. The Bertz CT molecular complexity index is 869. The van der Waals surface area contributed by atoms with Crippen molar-refractivity contribution in [2.75, 3.05) is 25.0 Å². The van der Waals surface area contributed by atoms with Gasteiger partial charge >= 0.3 is 0 Å². The lowest BCUT2D eigenvalue weighted by atomic mass is 10.0. The molecular formula is C23H30N4O2S. The average Bonchev–Trinajstić information content (AvgIpc) is 3.17. The second kappa shape index (κ2) is 9.71. The third-order valence-corrected chi connectivity index (χ3v) is 6.75. The van der Waals surface area contributed by atoms with Crippen LogP contribution in [-0.4, -0.2) is 46.2 Å². The number of carbonyl (C=O) groups excluding carboxylic acids is 2. The number of nitrogens with zero attached hydrogens (tertiary/aromatic N) is 3. The lowest BCUT2D eigenvalue weighted by Crippen LogP contribution is -2.43. The molecule has 1 aromatic carbocycles. The number of thiazole rings is 1. The average molecular weight is 427 g/mol. The number of amides is 2. The molecule has 2 aromatic rings. The number of hydrogen-bond acceptors (Lipinski definition) is 5. The van der Waals surface area contributed by atoms with Gasteiger partial charge in [0.05, 0.1) is 5.69 Å². The lowest BCUT2D eigenvalue weighted by Gasteiger charge is -2.33. The number of carbonyl (C=O) groups is 2. The van der Waals surface area contributed by atoms with Crippen molar-refractivity contribution in [2.45, 2.75) is 51.6 Å². The van der Waals surface area contributed by atoms with Gasteiger partial charge in [-0.2, -0.15) is 0 Å². The van der Waals surface area contributed by atoms with E-state index in [9.17, 15) is 9.59 Å². The second-order valence-corrected chi connectivity index (χ2v) is 9.33. The first kappa shape index (κ1) is 21.0. The fraction of sp³-hybridized carbons (Fsp3) is 0.522. The Balaban J connectivity index is 1.46. The first-order valence-corrected chi connectivity index (χ1v) is 11.8. The Kier molecular flexibility index (Phi) is 6.79. The largest absolute Gasteiger partial charge is 0.327 e. The van der Waals surface area contributed by atoms with Crippen molar-refractivity contribution in [2.24, 2.45) is 5.92 Å². The molecule has 0 radical (unpaired) electrons. The van der Waals surface area contributed by atoms with Gasteiger partial charge in [-0.15, -0.1) is 11.3 Å². The summed E-state index contributed by atoms with van der Waals surface area (Å²) in [6.07, 6.45) is 4.86. The van der Waals surface area contributed by atoms with Crippen LogP contribution in [0.2, 0.25) is 0 Å². The van der Waals surface area contributed by atoms with Crippen molar-refractivity contribution in [3.63, 3.8) is 0 Å². The molecule has 2 fully saturated rings. The second-order valence-electron chi connectivity index (χ2n) is 8.47. The molecule has 7 heteroatoms. The SMILES string of the molecule is CC1CCCN(Cc2csc(NC(=O)C(c3ccccc3)N3CCCCC3=O)n2)C1. The van der Waals surface area contributed by atoms with Gasteiger partial charge in [-0.3, -0.25) is 19.8 Å². The molecule has 2 saturated heterocycles. The number of hydrogen-bond donors (Lipinski definition) is 1. The molecule has 160 valence electrons. The van der Waals surface area contributed by atoms with Crippen LogP contribution in [0, 0.1) is 5.92 Å². The number of anilines is 1. The van der Waals surface area contributed by atoms with Crippen LogP contribution < -0.4 is 5.32 Å². The van der Waals surface area contributed by atoms with Gasteiger partial charge in [0.25, 0.3) is 5.91 Å². The van der Waals surface area contributed by atoms with Crippen LogP contribution in [0.4, 0.5) is 5.13 Å². The van der Waals surface area contributed by atoms with Gasteiger partial charge in [-0.25, -0.2) is 4.98 Å². The zero-order chi connectivity index (χ0) is 20.9. The molecule has 1 aromatic heterocycles. The number of rotatable bonds is 6. The van der Waals surface area contributed by atoms with Crippen LogP contribution >= 0.6 is 11.3 Å². The van der Waals surface area contributed by atoms with Gasteiger partial charge in [-0.1, -0.05) is 37.3 Å². The third-order valence-electron chi connectivity index (χ3n) is 5.94. The zero-order valence-corrected chi connectivity index (χ0v) is 18.4. The first-order chi connectivity index (χ1) is 14.6. The van der Waals surface area contributed by atoms with Crippen molar-refractivity contribution in [3.05, 3.63) is 47.0 Å². The van der Waals surface area contributed by atoms with Crippen molar-refractivity contribution in [1.29, 1.82) is 0 Å². The summed E-state index contributed by atoms with van der Waals surface area (Å²) in [7, 11) is 0. The summed E-state index contributed by atoms with van der Waals surface area (Å²) in [6.45, 7) is 5.94. The van der Waals surface area contributed by atoms with Gasteiger partial charge in [-0.05, 0) is 43.7 Å². The molecule has 2 aliphatic rings. The summed E-state index contributed by atoms with van der Waals surface area (Å²) in [6, 6.07) is 8.95. The molecule has 4 rings (SSSR count). The van der Waals surface area contributed by atoms with Crippen LogP contribution in [0.3, 0.4) is 0 Å². The molecule has 2 unspecified atom stereocenters. The summed E-state index contributed by atoms with van der Waals surface area (Å²) in [5.74, 6) is 0.582. The van der Waals surface area contributed by atoms with E-state index in [-0.39, 0.29) is 11.8 Å². The minimum Gasteiger partial charge on any atom is -0.327 e. The standard InChI is InChI=1S/C23H30N4O2S/c1-17-8-7-12-26(14-17)15-19-16-30-23(24-19)25-22(29)21(18-9-3-2-4-10-18)27-13-6-5-11-20(27)28/h2-4,9-10,16-17,21H,5-8,11-15H2,1H3,(H,24,25,29). The molecular weight excluding hydrogens is 396 g/mol. The molecule has 6 nitrogen and oxygen atoms in total. The minimum absolute atomic E-state index is 0.0456. The highest BCUT2D eigenvalue weighted by Gasteiger charge is 2.33. The Morgan fingerprint density at radius 1 is 1.23 bits per heavy atom. The Labute approximate surface area is 182 Å². The van der Waals surface area contributed by atoms with E-state index in [0.717, 1.165) is 49.7 Å². The highest BCUT2D eigenvalue weighted by Crippen LogP contribution is 2.28. The van der Waals surface area contributed by atoms with Crippen molar-refractivity contribution < 1.29 is 9.59 Å². The summed E-state index contributed by atoms with van der Waals surface area (Å²) in [5, 5.41) is 5.61. The van der Waals surface area contributed by atoms with Crippen molar-refractivity contribution in [3.8, 4) is 0 Å².